The fourth-order valence-corrected chi connectivity index (χ4v) is 5.12. The highest BCUT2D eigenvalue weighted by atomic mass is 35.5. The molecule has 0 spiro atoms. The van der Waals surface area contributed by atoms with Gasteiger partial charge in [-0.2, -0.15) is 12.7 Å². The van der Waals surface area contributed by atoms with E-state index in [-0.39, 0.29) is 36.1 Å². The molecule has 29 heavy (non-hydrogen) atoms. The van der Waals surface area contributed by atoms with Gasteiger partial charge in [-0.25, -0.2) is 13.2 Å². The van der Waals surface area contributed by atoms with Crippen LogP contribution in [0, 0.1) is 0 Å². The summed E-state index contributed by atoms with van der Waals surface area (Å²) >= 11 is 5.73. The molecule has 3 rings (SSSR count). The molecule has 0 aromatic heterocycles. The Morgan fingerprint density at radius 1 is 1.00 bits per heavy atom. The number of rotatable bonds is 6. The number of ether oxygens (including phenoxy) is 1. The number of hydrogen-bond acceptors (Lipinski definition) is 7. The second-order valence-electron chi connectivity index (χ2n) is 5.97. The van der Waals surface area contributed by atoms with E-state index in [9.17, 15) is 26.7 Å². The van der Waals surface area contributed by atoms with Crippen molar-refractivity contribution in [2.75, 3.05) is 26.3 Å². The Balaban J connectivity index is 1.96. The molecule has 1 aliphatic heterocycles. The van der Waals surface area contributed by atoms with Crippen molar-refractivity contribution in [2.45, 2.75) is 9.79 Å². The second kappa shape index (κ2) is 8.28. The topological polar surface area (TPSA) is 127 Å². The quantitative estimate of drug-likeness (QED) is 0.645. The minimum absolute atomic E-state index is 0.133. The lowest BCUT2D eigenvalue weighted by Gasteiger charge is -2.26. The van der Waals surface area contributed by atoms with Gasteiger partial charge in [0.05, 0.1) is 18.1 Å². The molecule has 2 aromatic carbocycles. The molecule has 0 radical (unpaired) electrons. The smallest absolute Gasteiger partial charge is 0.339 e. The van der Waals surface area contributed by atoms with E-state index < -0.39 is 37.4 Å². The van der Waals surface area contributed by atoms with Gasteiger partial charge >= 0.3 is 16.1 Å². The van der Waals surface area contributed by atoms with Crippen molar-refractivity contribution in [2.24, 2.45) is 0 Å². The highest BCUT2D eigenvalue weighted by Gasteiger charge is 2.29. The van der Waals surface area contributed by atoms with Crippen LogP contribution >= 0.6 is 11.6 Å². The van der Waals surface area contributed by atoms with E-state index in [2.05, 4.69) is 0 Å². The summed E-state index contributed by atoms with van der Waals surface area (Å²) in [6.07, 6.45) is 0. The van der Waals surface area contributed by atoms with Gasteiger partial charge in [0.15, 0.2) is 5.75 Å². The third kappa shape index (κ3) is 4.70. The van der Waals surface area contributed by atoms with E-state index in [1.54, 1.807) is 0 Å². The van der Waals surface area contributed by atoms with Gasteiger partial charge in [-0.1, -0.05) is 11.6 Å². The van der Waals surface area contributed by atoms with Crippen molar-refractivity contribution >= 4 is 37.7 Å². The molecular weight excluding hydrogens is 446 g/mol. The maximum absolute atomic E-state index is 12.7. The summed E-state index contributed by atoms with van der Waals surface area (Å²) in [5, 5.41) is 9.76. The number of carbonyl (C=O) groups is 1. The maximum Gasteiger partial charge on any atom is 0.339 e. The average molecular weight is 462 g/mol. The first-order chi connectivity index (χ1) is 13.6. The van der Waals surface area contributed by atoms with Crippen LogP contribution in [0.15, 0.2) is 52.3 Å². The van der Waals surface area contributed by atoms with Crippen LogP contribution in [0.25, 0.3) is 0 Å². The number of carboxylic acid groups (broad SMARTS) is 1. The lowest BCUT2D eigenvalue weighted by molar-refractivity contribution is 0.0694. The monoisotopic (exact) mass is 461 g/mol. The van der Waals surface area contributed by atoms with Crippen molar-refractivity contribution in [3.05, 3.63) is 53.1 Å². The van der Waals surface area contributed by atoms with E-state index in [1.165, 1.54) is 28.6 Å². The van der Waals surface area contributed by atoms with Gasteiger partial charge in [-0.3, -0.25) is 0 Å². The Labute approximate surface area is 172 Å². The molecule has 0 amide bonds. The molecule has 1 heterocycles. The number of sulfonamides is 1. The molecule has 0 atom stereocenters. The zero-order valence-electron chi connectivity index (χ0n) is 14.8. The first kappa shape index (κ1) is 21.5. The summed E-state index contributed by atoms with van der Waals surface area (Å²) in [5.41, 5.74) is -0.600. The Bertz CT molecular complexity index is 1120. The zero-order valence-corrected chi connectivity index (χ0v) is 17.2. The number of aromatic carboxylic acids is 1. The molecule has 0 bridgehead atoms. The third-order valence-electron chi connectivity index (χ3n) is 4.09. The Morgan fingerprint density at radius 3 is 2.17 bits per heavy atom. The van der Waals surface area contributed by atoms with Gasteiger partial charge in [-0.05, 0) is 42.5 Å². The highest BCUT2D eigenvalue weighted by molar-refractivity contribution is 7.89. The lowest BCUT2D eigenvalue weighted by atomic mass is 10.2. The predicted molar refractivity (Wildman–Crippen MR) is 102 cm³/mol. The van der Waals surface area contributed by atoms with Crippen LogP contribution in [-0.4, -0.2) is 58.5 Å². The molecule has 1 fully saturated rings. The van der Waals surface area contributed by atoms with Crippen molar-refractivity contribution in [1.29, 1.82) is 0 Å². The van der Waals surface area contributed by atoms with Gasteiger partial charge in [-0.15, -0.1) is 0 Å². The average Bonchev–Trinajstić information content (AvgIpc) is 2.68. The molecule has 12 heteroatoms. The predicted octanol–water partition coefficient (Wildman–Crippen LogP) is 1.83. The summed E-state index contributed by atoms with van der Waals surface area (Å²) in [6.45, 7) is 0.721. The number of hydrogen-bond donors (Lipinski definition) is 1. The van der Waals surface area contributed by atoms with Crippen molar-refractivity contribution in [3.63, 3.8) is 0 Å². The van der Waals surface area contributed by atoms with E-state index in [0.717, 1.165) is 18.2 Å². The van der Waals surface area contributed by atoms with Gasteiger partial charge in [0.2, 0.25) is 10.0 Å². The number of carboxylic acids is 1. The molecule has 2 aromatic rings. The Kier molecular flexibility index (Phi) is 6.15. The number of morpholine rings is 1. The summed E-state index contributed by atoms with van der Waals surface area (Å²) in [6, 6.07) is 8.07. The Hall–Kier alpha value is -2.18. The van der Waals surface area contributed by atoms with Gasteiger partial charge < -0.3 is 14.0 Å². The van der Waals surface area contributed by atoms with Crippen molar-refractivity contribution < 1.29 is 35.7 Å². The maximum atomic E-state index is 12.7. The number of benzene rings is 2. The van der Waals surface area contributed by atoms with E-state index in [4.69, 9.17) is 20.5 Å². The molecule has 0 saturated carbocycles. The van der Waals surface area contributed by atoms with Gasteiger partial charge in [0.25, 0.3) is 0 Å². The molecule has 1 N–H and O–H groups in total. The minimum atomic E-state index is -4.35. The third-order valence-corrected chi connectivity index (χ3v) is 7.49. The summed E-state index contributed by atoms with van der Waals surface area (Å²) < 4.78 is 61.5. The van der Waals surface area contributed by atoms with Crippen LogP contribution in [0.4, 0.5) is 0 Å². The molecule has 9 nitrogen and oxygen atoms in total. The molecule has 0 aliphatic carbocycles. The first-order valence-corrected chi connectivity index (χ1v) is 11.5. The van der Waals surface area contributed by atoms with E-state index in [0.29, 0.717) is 5.02 Å². The standard InChI is InChI=1S/C17H16ClNO8S2/c18-12-1-3-13(4-2-12)29(24,25)27-16-6-5-14(11-15(16)17(20)21)28(22,23)19-7-9-26-10-8-19/h1-6,11H,7-10H2,(H,20,21). The van der Waals surface area contributed by atoms with Crippen LogP contribution < -0.4 is 4.18 Å². The highest BCUT2D eigenvalue weighted by Crippen LogP contribution is 2.28. The van der Waals surface area contributed by atoms with Crippen molar-refractivity contribution in [1.82, 2.24) is 4.31 Å². The van der Waals surface area contributed by atoms with Crippen molar-refractivity contribution in [3.8, 4) is 5.75 Å². The molecule has 1 aliphatic rings. The number of halogens is 1. The summed E-state index contributed by atoms with van der Waals surface area (Å²) in [4.78, 5) is 11.1. The fourth-order valence-electron chi connectivity index (χ4n) is 2.61. The molecule has 156 valence electrons. The summed E-state index contributed by atoms with van der Waals surface area (Å²) in [7, 11) is -8.32. The largest absolute Gasteiger partial charge is 0.478 e. The van der Waals surface area contributed by atoms with Crippen LogP contribution in [0.5, 0.6) is 5.75 Å². The minimum Gasteiger partial charge on any atom is -0.478 e. The van der Waals surface area contributed by atoms with Crippen LogP contribution in [0.2, 0.25) is 5.02 Å². The normalized spacial score (nSPS) is 15.8. The molecular formula is C17H16ClNO8S2. The Morgan fingerprint density at radius 2 is 1.59 bits per heavy atom. The molecule has 1 saturated heterocycles. The second-order valence-corrected chi connectivity index (χ2v) is 9.89. The van der Waals surface area contributed by atoms with Gasteiger partial charge in [0, 0.05) is 18.1 Å². The lowest BCUT2D eigenvalue weighted by Crippen LogP contribution is -2.40. The van der Waals surface area contributed by atoms with E-state index in [1.807, 2.05) is 0 Å². The van der Waals surface area contributed by atoms with E-state index >= 15 is 0 Å². The zero-order chi connectivity index (χ0) is 21.2. The summed E-state index contributed by atoms with van der Waals surface area (Å²) in [5.74, 6) is -2.04. The van der Waals surface area contributed by atoms with Gasteiger partial charge in [0.1, 0.15) is 10.5 Å². The van der Waals surface area contributed by atoms with Crippen LogP contribution in [-0.2, 0) is 24.9 Å². The molecule has 0 unspecified atom stereocenters. The SMILES string of the molecule is O=C(O)c1cc(S(=O)(=O)N2CCOCC2)ccc1OS(=O)(=O)c1ccc(Cl)cc1. The van der Waals surface area contributed by atoms with Crippen LogP contribution in [0.1, 0.15) is 10.4 Å². The first-order valence-electron chi connectivity index (χ1n) is 8.26. The fraction of sp³-hybridized carbons (Fsp3) is 0.235. The number of nitrogens with zero attached hydrogens (tertiary/aromatic N) is 1. The van der Waals surface area contributed by atoms with Crippen LogP contribution in [0.3, 0.4) is 0 Å².